The molecule has 1 aromatic carbocycles. The van der Waals surface area contributed by atoms with Crippen LogP contribution in [0.4, 0.5) is 5.69 Å². The number of rotatable bonds is 0. The molecule has 1 saturated heterocycles. The van der Waals surface area contributed by atoms with Crippen LogP contribution in [0.5, 0.6) is 0 Å². The largest absolute Gasteiger partial charge is 0.346 e. The third-order valence-corrected chi connectivity index (χ3v) is 3.69. The molecular formula is C12H14N2S. The monoisotopic (exact) mass is 218 g/mol. The third-order valence-electron chi connectivity index (χ3n) is 3.35. The van der Waals surface area contributed by atoms with E-state index < -0.39 is 0 Å². The second-order valence-corrected chi connectivity index (χ2v) is 4.67. The molecule has 1 N–H and O–H groups in total. The lowest BCUT2D eigenvalue weighted by Crippen LogP contribution is -2.37. The molecular weight excluding hydrogens is 204 g/mol. The predicted octanol–water partition coefficient (Wildman–Crippen LogP) is 2.40. The topological polar surface area (TPSA) is 15.3 Å². The smallest absolute Gasteiger partial charge is 0.173 e. The van der Waals surface area contributed by atoms with Crippen LogP contribution in [-0.4, -0.2) is 22.6 Å². The Morgan fingerprint density at radius 3 is 3.13 bits per heavy atom. The van der Waals surface area contributed by atoms with Gasteiger partial charge in [-0.15, -0.1) is 0 Å². The molecule has 0 spiro atoms. The van der Waals surface area contributed by atoms with E-state index in [0.717, 1.165) is 18.1 Å². The Hall–Kier alpha value is -1.09. The van der Waals surface area contributed by atoms with Crippen LogP contribution in [0.25, 0.3) is 0 Å². The maximum Gasteiger partial charge on any atom is 0.173 e. The molecule has 1 aromatic rings. The number of thiocarbonyl (C=S) groups is 1. The van der Waals surface area contributed by atoms with Crippen molar-refractivity contribution >= 4 is 23.0 Å². The number of hydrogen-bond acceptors (Lipinski definition) is 1. The number of nitrogens with one attached hydrogen (secondary N) is 1. The van der Waals surface area contributed by atoms with E-state index in [2.05, 4.69) is 34.5 Å². The zero-order valence-electron chi connectivity index (χ0n) is 8.57. The van der Waals surface area contributed by atoms with Crippen LogP contribution < -0.4 is 5.32 Å². The second kappa shape index (κ2) is 3.49. The fourth-order valence-electron chi connectivity index (χ4n) is 2.58. The van der Waals surface area contributed by atoms with Crippen molar-refractivity contribution in [3.63, 3.8) is 0 Å². The van der Waals surface area contributed by atoms with Crippen molar-refractivity contribution in [2.24, 2.45) is 0 Å². The Kier molecular flexibility index (Phi) is 2.13. The van der Waals surface area contributed by atoms with Crippen molar-refractivity contribution in [1.29, 1.82) is 0 Å². The summed E-state index contributed by atoms with van der Waals surface area (Å²) in [4.78, 5) is 2.34. The minimum absolute atomic E-state index is 0.619. The summed E-state index contributed by atoms with van der Waals surface area (Å²) in [5, 5.41) is 4.26. The first-order valence-electron chi connectivity index (χ1n) is 5.50. The van der Waals surface area contributed by atoms with Crippen LogP contribution in [0.3, 0.4) is 0 Å². The maximum absolute atomic E-state index is 5.42. The molecule has 3 heteroatoms. The van der Waals surface area contributed by atoms with Gasteiger partial charge in [-0.3, -0.25) is 0 Å². The Bertz CT molecular complexity index is 402. The van der Waals surface area contributed by atoms with Crippen LogP contribution in [0.15, 0.2) is 24.3 Å². The van der Waals surface area contributed by atoms with Gasteiger partial charge in [-0.05, 0) is 43.1 Å². The Morgan fingerprint density at radius 1 is 1.33 bits per heavy atom. The molecule has 0 saturated carbocycles. The first-order valence-corrected chi connectivity index (χ1v) is 5.91. The van der Waals surface area contributed by atoms with E-state index in [-0.39, 0.29) is 0 Å². The summed E-state index contributed by atoms with van der Waals surface area (Å²) in [6.07, 6.45) is 3.67. The lowest BCUT2D eigenvalue weighted by Gasteiger charge is -2.23. The lowest BCUT2D eigenvalue weighted by atomic mass is 10.0. The second-order valence-electron chi connectivity index (χ2n) is 4.28. The van der Waals surface area contributed by atoms with Crippen molar-refractivity contribution in [2.75, 3.05) is 11.9 Å². The number of anilines is 1. The van der Waals surface area contributed by atoms with E-state index in [1.807, 2.05) is 0 Å². The van der Waals surface area contributed by atoms with Gasteiger partial charge in [0, 0.05) is 18.3 Å². The number of benzene rings is 1. The van der Waals surface area contributed by atoms with Gasteiger partial charge in [-0.2, -0.15) is 0 Å². The van der Waals surface area contributed by atoms with Gasteiger partial charge in [0.2, 0.25) is 0 Å². The maximum atomic E-state index is 5.42. The minimum atomic E-state index is 0.619. The van der Waals surface area contributed by atoms with Gasteiger partial charge >= 0.3 is 0 Å². The minimum Gasteiger partial charge on any atom is -0.346 e. The Labute approximate surface area is 95.3 Å². The van der Waals surface area contributed by atoms with Crippen molar-refractivity contribution in [3.05, 3.63) is 29.8 Å². The fraction of sp³-hybridized carbons (Fsp3) is 0.417. The van der Waals surface area contributed by atoms with Gasteiger partial charge in [-0.25, -0.2) is 0 Å². The van der Waals surface area contributed by atoms with Gasteiger partial charge in [0.25, 0.3) is 0 Å². The molecule has 78 valence electrons. The van der Waals surface area contributed by atoms with E-state index in [9.17, 15) is 0 Å². The van der Waals surface area contributed by atoms with Crippen LogP contribution in [-0.2, 0) is 6.42 Å². The van der Waals surface area contributed by atoms with Gasteiger partial charge in [0.05, 0.1) is 0 Å². The van der Waals surface area contributed by atoms with Crippen LogP contribution in [0, 0.1) is 0 Å². The Balaban J connectivity index is 2.00. The lowest BCUT2D eigenvalue weighted by molar-refractivity contribution is 0.396. The normalized spacial score (nSPS) is 24.1. The number of fused-ring (bicyclic) bond motifs is 2. The molecule has 3 rings (SSSR count). The van der Waals surface area contributed by atoms with Crippen LogP contribution >= 0.6 is 12.2 Å². The van der Waals surface area contributed by atoms with E-state index in [1.165, 1.54) is 24.1 Å². The summed E-state index contributed by atoms with van der Waals surface area (Å²) in [6, 6.07) is 9.10. The van der Waals surface area contributed by atoms with Gasteiger partial charge in [0.1, 0.15) is 0 Å². The van der Waals surface area contributed by atoms with Crippen LogP contribution in [0.1, 0.15) is 18.4 Å². The molecule has 0 amide bonds. The molecule has 2 heterocycles. The molecule has 1 unspecified atom stereocenters. The first kappa shape index (κ1) is 9.16. The van der Waals surface area contributed by atoms with Crippen LogP contribution in [0.2, 0.25) is 0 Å². The van der Waals surface area contributed by atoms with Gasteiger partial charge < -0.3 is 10.2 Å². The average molecular weight is 218 g/mol. The molecule has 1 atom stereocenters. The zero-order valence-corrected chi connectivity index (χ0v) is 9.39. The highest BCUT2D eigenvalue weighted by Gasteiger charge is 2.29. The number of hydrogen-bond donors (Lipinski definition) is 1. The standard InChI is InChI=1S/C12H14N2S/c15-12-13-11-6-2-1-4-9(11)8-10-5-3-7-14(10)12/h1-2,4,6,10H,3,5,7-8H2,(H,13,15). The number of nitrogens with zero attached hydrogens (tertiary/aromatic N) is 1. The van der Waals surface area contributed by atoms with E-state index >= 15 is 0 Å². The highest BCUT2D eigenvalue weighted by Crippen LogP contribution is 2.28. The third kappa shape index (κ3) is 1.51. The molecule has 0 radical (unpaired) electrons. The van der Waals surface area contributed by atoms with E-state index in [1.54, 1.807) is 0 Å². The van der Waals surface area contributed by atoms with Gasteiger partial charge in [0.15, 0.2) is 5.11 Å². The molecule has 2 aliphatic heterocycles. The van der Waals surface area contributed by atoms with E-state index in [4.69, 9.17) is 12.2 Å². The molecule has 1 fully saturated rings. The summed E-state index contributed by atoms with van der Waals surface area (Å²) < 4.78 is 0. The molecule has 0 aliphatic carbocycles. The summed E-state index contributed by atoms with van der Waals surface area (Å²) in [7, 11) is 0. The average Bonchev–Trinajstić information content (AvgIpc) is 2.64. The zero-order chi connectivity index (χ0) is 10.3. The van der Waals surface area contributed by atoms with E-state index in [0.29, 0.717) is 6.04 Å². The summed E-state index contributed by atoms with van der Waals surface area (Å²) in [5.41, 5.74) is 2.59. The molecule has 2 nitrogen and oxygen atoms in total. The predicted molar refractivity (Wildman–Crippen MR) is 66.1 cm³/mol. The summed E-state index contributed by atoms with van der Waals surface area (Å²) in [6.45, 7) is 1.12. The highest BCUT2D eigenvalue weighted by molar-refractivity contribution is 7.80. The molecule has 0 aromatic heterocycles. The quantitative estimate of drug-likeness (QED) is 0.673. The molecule has 0 bridgehead atoms. The number of para-hydroxylation sites is 1. The van der Waals surface area contributed by atoms with Crippen molar-refractivity contribution < 1.29 is 0 Å². The summed E-state index contributed by atoms with van der Waals surface area (Å²) in [5.74, 6) is 0. The van der Waals surface area contributed by atoms with Crippen molar-refractivity contribution in [1.82, 2.24) is 4.90 Å². The molecule has 2 aliphatic rings. The first-order chi connectivity index (χ1) is 7.34. The van der Waals surface area contributed by atoms with Crippen molar-refractivity contribution in [2.45, 2.75) is 25.3 Å². The van der Waals surface area contributed by atoms with Crippen molar-refractivity contribution in [3.8, 4) is 0 Å². The van der Waals surface area contributed by atoms with Gasteiger partial charge in [-0.1, -0.05) is 18.2 Å². The molecule has 15 heavy (non-hydrogen) atoms. The highest BCUT2D eigenvalue weighted by atomic mass is 32.1. The fourth-order valence-corrected chi connectivity index (χ4v) is 2.93. The Morgan fingerprint density at radius 2 is 2.20 bits per heavy atom. The summed E-state index contributed by atoms with van der Waals surface area (Å²) >= 11 is 5.42. The SMILES string of the molecule is S=C1Nc2ccccc2CC2CCCN12.